The van der Waals surface area contributed by atoms with Crippen LogP contribution in [0.1, 0.15) is 0 Å². The van der Waals surface area contributed by atoms with Crippen molar-refractivity contribution in [1.82, 2.24) is 4.31 Å². The van der Waals surface area contributed by atoms with Gasteiger partial charge < -0.3 is 5.11 Å². The van der Waals surface area contributed by atoms with E-state index in [9.17, 15) is 18.5 Å². The van der Waals surface area contributed by atoms with Crippen molar-refractivity contribution in [2.45, 2.75) is 4.90 Å². The maximum absolute atomic E-state index is 12.2. The van der Waals surface area contributed by atoms with Crippen molar-refractivity contribution in [1.29, 1.82) is 0 Å². The second-order valence-electron chi connectivity index (χ2n) is 4.24. The van der Waals surface area contributed by atoms with Crippen LogP contribution in [0.2, 0.25) is 5.02 Å². The van der Waals surface area contributed by atoms with Gasteiger partial charge in [0.15, 0.2) is 0 Å². The number of hydrogen-bond donors (Lipinski definition) is 1. The number of aliphatic hydroxyl groups excluding tert-OH is 1. The molecule has 0 radical (unpaired) electrons. The number of nitro benzene ring substituents is 1. The largest absolute Gasteiger partial charge is 0.396 e. The number of hydrogen-bond acceptors (Lipinski definition) is 5. The molecular formula is C10H11ClN2O5S. The fraction of sp³-hybridized carbons (Fsp3) is 0.400. The van der Waals surface area contributed by atoms with Crippen LogP contribution in [0, 0.1) is 16.0 Å². The maximum atomic E-state index is 12.2. The van der Waals surface area contributed by atoms with Crippen molar-refractivity contribution in [2.24, 2.45) is 5.92 Å². The Kier molecular flexibility index (Phi) is 3.77. The molecule has 1 aromatic carbocycles. The molecule has 1 aromatic rings. The number of non-ortho nitro benzene ring substituents is 1. The molecular weight excluding hydrogens is 296 g/mol. The molecule has 2 rings (SSSR count). The van der Waals surface area contributed by atoms with E-state index in [0.717, 1.165) is 16.4 Å². The molecule has 0 aliphatic carbocycles. The van der Waals surface area contributed by atoms with Gasteiger partial charge in [0, 0.05) is 37.7 Å². The molecule has 1 aliphatic heterocycles. The molecule has 0 atom stereocenters. The lowest BCUT2D eigenvalue weighted by Crippen LogP contribution is -2.51. The first-order chi connectivity index (χ1) is 8.86. The molecule has 1 heterocycles. The minimum absolute atomic E-state index is 0.0574. The number of nitrogens with zero attached hydrogens (tertiary/aromatic N) is 2. The van der Waals surface area contributed by atoms with Crippen molar-refractivity contribution < 1.29 is 18.4 Å². The quantitative estimate of drug-likeness (QED) is 0.657. The van der Waals surface area contributed by atoms with Gasteiger partial charge in [-0.25, -0.2) is 8.42 Å². The Hall–Kier alpha value is -1.22. The van der Waals surface area contributed by atoms with E-state index in [0.29, 0.717) is 0 Å². The van der Waals surface area contributed by atoms with Gasteiger partial charge in [-0.3, -0.25) is 10.1 Å². The number of sulfonamides is 1. The zero-order valence-electron chi connectivity index (χ0n) is 9.69. The Morgan fingerprint density at radius 3 is 2.63 bits per heavy atom. The highest BCUT2D eigenvalue weighted by molar-refractivity contribution is 7.89. The van der Waals surface area contributed by atoms with Crippen LogP contribution in [0.15, 0.2) is 23.1 Å². The van der Waals surface area contributed by atoms with Crippen LogP contribution in [0.5, 0.6) is 0 Å². The zero-order valence-corrected chi connectivity index (χ0v) is 11.3. The third-order valence-corrected chi connectivity index (χ3v) is 5.24. The highest BCUT2D eigenvalue weighted by Crippen LogP contribution is 2.31. The molecule has 7 nitrogen and oxygen atoms in total. The second-order valence-corrected chi connectivity index (χ2v) is 6.56. The van der Waals surface area contributed by atoms with Crippen molar-refractivity contribution in [3.05, 3.63) is 33.3 Å². The molecule has 9 heteroatoms. The van der Waals surface area contributed by atoms with E-state index in [-0.39, 0.29) is 41.2 Å². The van der Waals surface area contributed by atoms with Crippen LogP contribution < -0.4 is 0 Å². The Bertz CT molecular complexity index is 612. The maximum Gasteiger partial charge on any atom is 0.270 e. The minimum Gasteiger partial charge on any atom is -0.396 e. The van der Waals surface area contributed by atoms with E-state index >= 15 is 0 Å². The van der Waals surface area contributed by atoms with Crippen LogP contribution in [0.3, 0.4) is 0 Å². The third kappa shape index (κ3) is 2.57. The lowest BCUT2D eigenvalue weighted by atomic mass is 10.1. The highest BCUT2D eigenvalue weighted by atomic mass is 35.5. The van der Waals surface area contributed by atoms with Gasteiger partial charge in [-0.2, -0.15) is 4.31 Å². The molecule has 0 bridgehead atoms. The van der Waals surface area contributed by atoms with E-state index < -0.39 is 14.9 Å². The standard InChI is InChI=1S/C10H11ClN2O5S/c11-9-2-1-8(13(15)16)3-10(9)19(17,18)12-4-7(5-12)6-14/h1-3,7,14H,4-6H2. The van der Waals surface area contributed by atoms with Gasteiger partial charge in [0.25, 0.3) is 5.69 Å². The fourth-order valence-electron chi connectivity index (χ4n) is 1.78. The fourth-order valence-corrected chi connectivity index (χ4v) is 3.86. The van der Waals surface area contributed by atoms with Crippen molar-refractivity contribution in [3.63, 3.8) is 0 Å². The first-order valence-electron chi connectivity index (χ1n) is 5.41. The molecule has 0 aromatic heterocycles. The molecule has 0 spiro atoms. The van der Waals surface area contributed by atoms with Crippen molar-refractivity contribution in [2.75, 3.05) is 19.7 Å². The van der Waals surface area contributed by atoms with E-state index in [1.54, 1.807) is 0 Å². The van der Waals surface area contributed by atoms with Gasteiger partial charge in [-0.05, 0) is 6.07 Å². The molecule has 1 aliphatic rings. The molecule has 19 heavy (non-hydrogen) atoms. The van der Waals surface area contributed by atoms with Crippen LogP contribution in [-0.4, -0.2) is 42.4 Å². The Morgan fingerprint density at radius 2 is 2.11 bits per heavy atom. The summed E-state index contributed by atoms with van der Waals surface area (Å²) in [6, 6.07) is 3.29. The van der Waals surface area contributed by atoms with Gasteiger partial charge >= 0.3 is 0 Å². The number of rotatable bonds is 4. The van der Waals surface area contributed by atoms with E-state index in [1.807, 2.05) is 0 Å². The molecule has 104 valence electrons. The van der Waals surface area contributed by atoms with Crippen LogP contribution in [0.25, 0.3) is 0 Å². The van der Waals surface area contributed by atoms with E-state index in [1.165, 1.54) is 6.07 Å². The predicted molar refractivity (Wildman–Crippen MR) is 67.4 cm³/mol. The van der Waals surface area contributed by atoms with Gasteiger partial charge in [0.05, 0.1) is 9.95 Å². The van der Waals surface area contributed by atoms with Crippen molar-refractivity contribution in [3.8, 4) is 0 Å². The van der Waals surface area contributed by atoms with Crippen LogP contribution in [0.4, 0.5) is 5.69 Å². The molecule has 0 unspecified atom stereocenters. The number of benzene rings is 1. The number of nitro groups is 1. The molecule has 0 saturated carbocycles. The van der Waals surface area contributed by atoms with Crippen LogP contribution in [-0.2, 0) is 10.0 Å². The third-order valence-electron chi connectivity index (χ3n) is 2.93. The first kappa shape index (κ1) is 14.2. The molecule has 1 N–H and O–H groups in total. The van der Waals surface area contributed by atoms with Gasteiger partial charge in [0.2, 0.25) is 10.0 Å². The monoisotopic (exact) mass is 306 g/mol. The summed E-state index contributed by atoms with van der Waals surface area (Å²) in [5.74, 6) is -0.0905. The summed E-state index contributed by atoms with van der Waals surface area (Å²) >= 11 is 5.80. The molecule has 0 amide bonds. The highest BCUT2D eigenvalue weighted by Gasteiger charge is 2.37. The van der Waals surface area contributed by atoms with Gasteiger partial charge in [0.1, 0.15) is 4.90 Å². The van der Waals surface area contributed by atoms with E-state index in [2.05, 4.69) is 0 Å². The van der Waals surface area contributed by atoms with E-state index in [4.69, 9.17) is 16.7 Å². The predicted octanol–water partition coefficient (Wildman–Crippen LogP) is 0.861. The summed E-state index contributed by atoms with van der Waals surface area (Å²) in [7, 11) is -3.85. The van der Waals surface area contributed by atoms with Crippen molar-refractivity contribution >= 4 is 27.3 Å². The average Bonchev–Trinajstić information content (AvgIpc) is 2.27. The molecule has 1 fully saturated rings. The summed E-state index contributed by atoms with van der Waals surface area (Å²) in [4.78, 5) is 9.71. The van der Waals surface area contributed by atoms with Gasteiger partial charge in [-0.15, -0.1) is 0 Å². The number of aliphatic hydroxyl groups is 1. The molecule has 1 saturated heterocycles. The lowest BCUT2D eigenvalue weighted by Gasteiger charge is -2.36. The average molecular weight is 307 g/mol. The normalized spacial score (nSPS) is 17.2. The number of halogens is 1. The lowest BCUT2D eigenvalue weighted by molar-refractivity contribution is -0.385. The minimum atomic E-state index is -3.85. The summed E-state index contributed by atoms with van der Waals surface area (Å²) < 4.78 is 25.6. The second kappa shape index (κ2) is 5.04. The summed E-state index contributed by atoms with van der Waals surface area (Å²) in [5, 5.41) is 19.5. The summed E-state index contributed by atoms with van der Waals surface area (Å²) in [6.45, 7) is 0.296. The SMILES string of the molecule is O=[N+]([O-])c1ccc(Cl)c(S(=O)(=O)N2CC(CO)C2)c1. The zero-order chi connectivity index (χ0) is 14.2. The summed E-state index contributed by atoms with van der Waals surface area (Å²) in [6.07, 6.45) is 0. The topological polar surface area (TPSA) is 101 Å². The van der Waals surface area contributed by atoms with Crippen LogP contribution >= 0.6 is 11.6 Å². The van der Waals surface area contributed by atoms with Gasteiger partial charge in [-0.1, -0.05) is 11.6 Å². The summed E-state index contributed by atoms with van der Waals surface area (Å²) in [5.41, 5.74) is -0.331. The Morgan fingerprint density at radius 1 is 1.47 bits per heavy atom. The Labute approximate surface area is 114 Å². The first-order valence-corrected chi connectivity index (χ1v) is 7.23. The Balaban J connectivity index is 2.35. The smallest absolute Gasteiger partial charge is 0.270 e.